The molecule has 0 spiro atoms. The molecule has 1 aromatic rings. The lowest BCUT2D eigenvalue weighted by molar-refractivity contribution is -0.386. The summed E-state index contributed by atoms with van der Waals surface area (Å²) in [6.07, 6.45) is 1.10. The summed E-state index contributed by atoms with van der Waals surface area (Å²) < 4.78 is 14.8. The molecule has 0 aliphatic rings. The summed E-state index contributed by atoms with van der Waals surface area (Å²) in [5.41, 5.74) is -0.193. The van der Waals surface area contributed by atoms with E-state index in [0.29, 0.717) is 13.2 Å². The van der Waals surface area contributed by atoms with Crippen molar-refractivity contribution in [1.29, 1.82) is 0 Å². The Morgan fingerprint density at radius 2 is 2.19 bits per heavy atom. The average Bonchev–Trinajstić information content (AvgIpc) is 2.29. The van der Waals surface area contributed by atoms with Crippen LogP contribution in [0, 0.1) is 10.1 Å². The molecule has 88 valence electrons. The first-order valence-corrected chi connectivity index (χ1v) is 4.49. The second-order valence-electron chi connectivity index (χ2n) is 2.79. The minimum Gasteiger partial charge on any atom is -0.490 e. The Hall–Kier alpha value is -1.89. The van der Waals surface area contributed by atoms with Crippen LogP contribution in [0.2, 0.25) is 0 Å². The van der Waals surface area contributed by atoms with E-state index in [1.165, 1.54) is 13.2 Å². The van der Waals surface area contributed by atoms with Gasteiger partial charge in [0.25, 0.3) is 0 Å². The Bertz CT molecular complexity index is 369. The summed E-state index contributed by atoms with van der Waals surface area (Å²) in [6.45, 7) is 0.742. The summed E-state index contributed by atoms with van der Waals surface area (Å²) in [5, 5.41) is 10.6. The van der Waals surface area contributed by atoms with Crippen LogP contribution in [0.1, 0.15) is 0 Å². The van der Waals surface area contributed by atoms with Gasteiger partial charge in [0.2, 0.25) is 11.6 Å². The number of nitro groups is 1. The zero-order valence-electron chi connectivity index (χ0n) is 9.00. The average molecular weight is 228 g/mol. The Kier molecular flexibility index (Phi) is 4.46. The molecule has 16 heavy (non-hydrogen) atoms. The lowest BCUT2D eigenvalue weighted by atomic mass is 10.4. The van der Waals surface area contributed by atoms with E-state index < -0.39 is 4.92 Å². The lowest BCUT2D eigenvalue weighted by Gasteiger charge is -2.06. The van der Waals surface area contributed by atoms with Crippen molar-refractivity contribution in [2.45, 2.75) is 0 Å². The maximum absolute atomic E-state index is 10.6. The van der Waals surface area contributed by atoms with Gasteiger partial charge in [0.15, 0.2) is 0 Å². The van der Waals surface area contributed by atoms with Crippen LogP contribution in [0.4, 0.5) is 5.69 Å². The molecule has 0 radical (unpaired) electrons. The van der Waals surface area contributed by atoms with Crippen molar-refractivity contribution in [3.05, 3.63) is 22.4 Å². The first kappa shape index (κ1) is 12.2. The van der Waals surface area contributed by atoms with E-state index >= 15 is 0 Å². The SMILES string of the molecule is COCCOc1cc(OC)c([N+](=O)[O-])cn1. The molecule has 1 rings (SSSR count). The summed E-state index contributed by atoms with van der Waals surface area (Å²) in [5.74, 6) is 0.381. The number of rotatable bonds is 6. The van der Waals surface area contributed by atoms with E-state index in [9.17, 15) is 10.1 Å². The van der Waals surface area contributed by atoms with E-state index in [1.807, 2.05) is 0 Å². The Morgan fingerprint density at radius 3 is 2.75 bits per heavy atom. The summed E-state index contributed by atoms with van der Waals surface area (Å²) in [4.78, 5) is 13.8. The van der Waals surface area contributed by atoms with E-state index in [4.69, 9.17) is 14.2 Å². The second kappa shape index (κ2) is 5.86. The molecule has 0 aromatic carbocycles. The van der Waals surface area contributed by atoms with Crippen molar-refractivity contribution in [2.75, 3.05) is 27.4 Å². The number of ether oxygens (including phenoxy) is 3. The van der Waals surface area contributed by atoms with Gasteiger partial charge in [-0.3, -0.25) is 10.1 Å². The Morgan fingerprint density at radius 1 is 1.44 bits per heavy atom. The normalized spacial score (nSPS) is 9.88. The molecule has 0 aliphatic heterocycles. The van der Waals surface area contributed by atoms with Crippen LogP contribution in [0.25, 0.3) is 0 Å². The third-order valence-electron chi connectivity index (χ3n) is 1.78. The third kappa shape index (κ3) is 3.06. The number of hydrogen-bond donors (Lipinski definition) is 0. The first-order chi connectivity index (χ1) is 7.69. The summed E-state index contributed by atoms with van der Waals surface area (Å²) >= 11 is 0. The zero-order valence-corrected chi connectivity index (χ0v) is 9.00. The molecule has 1 heterocycles. The van der Waals surface area contributed by atoms with Gasteiger partial charge in [-0.05, 0) is 0 Å². The van der Waals surface area contributed by atoms with Crippen LogP contribution >= 0.6 is 0 Å². The molecule has 0 N–H and O–H groups in total. The van der Waals surface area contributed by atoms with Crippen LogP contribution < -0.4 is 9.47 Å². The van der Waals surface area contributed by atoms with Crippen LogP contribution in [0.5, 0.6) is 11.6 Å². The molecule has 0 aliphatic carbocycles. The largest absolute Gasteiger partial charge is 0.490 e. The topological polar surface area (TPSA) is 83.7 Å². The Labute approximate surface area is 92.1 Å². The molecule has 0 saturated carbocycles. The van der Waals surface area contributed by atoms with Gasteiger partial charge < -0.3 is 14.2 Å². The highest BCUT2D eigenvalue weighted by Gasteiger charge is 2.16. The molecule has 0 atom stereocenters. The highest BCUT2D eigenvalue weighted by atomic mass is 16.6. The second-order valence-corrected chi connectivity index (χ2v) is 2.79. The van der Waals surface area contributed by atoms with Gasteiger partial charge in [0.1, 0.15) is 12.8 Å². The number of methoxy groups -OCH3 is 2. The van der Waals surface area contributed by atoms with Crippen LogP contribution in [0.3, 0.4) is 0 Å². The first-order valence-electron chi connectivity index (χ1n) is 4.49. The molecule has 0 saturated heterocycles. The molecule has 1 aromatic heterocycles. The molecule has 0 amide bonds. The quantitative estimate of drug-likeness (QED) is 0.410. The summed E-state index contributed by atoms with van der Waals surface area (Å²) in [6, 6.07) is 1.37. The minimum absolute atomic E-state index is 0.118. The van der Waals surface area contributed by atoms with Gasteiger partial charge in [-0.2, -0.15) is 0 Å². The fourth-order valence-electron chi connectivity index (χ4n) is 1.02. The molecule has 7 heteroatoms. The molecule has 7 nitrogen and oxygen atoms in total. The van der Waals surface area contributed by atoms with Crippen LogP contribution in [-0.2, 0) is 4.74 Å². The molecule has 0 fully saturated rings. The third-order valence-corrected chi connectivity index (χ3v) is 1.78. The smallest absolute Gasteiger partial charge is 0.329 e. The van der Waals surface area contributed by atoms with E-state index in [2.05, 4.69) is 4.98 Å². The number of nitrogens with zero attached hydrogens (tertiary/aromatic N) is 2. The maximum Gasteiger partial charge on any atom is 0.329 e. The monoisotopic (exact) mass is 228 g/mol. The highest BCUT2D eigenvalue weighted by Crippen LogP contribution is 2.28. The maximum atomic E-state index is 10.6. The van der Waals surface area contributed by atoms with Gasteiger partial charge in [-0.25, -0.2) is 4.98 Å². The van der Waals surface area contributed by atoms with E-state index in [-0.39, 0.29) is 17.3 Å². The van der Waals surface area contributed by atoms with Crippen molar-refractivity contribution >= 4 is 5.69 Å². The van der Waals surface area contributed by atoms with Crippen molar-refractivity contribution < 1.29 is 19.1 Å². The van der Waals surface area contributed by atoms with Gasteiger partial charge in [0, 0.05) is 13.2 Å². The number of hydrogen-bond acceptors (Lipinski definition) is 6. The van der Waals surface area contributed by atoms with Gasteiger partial charge in [0.05, 0.1) is 18.6 Å². The molecular formula is C9H12N2O5. The van der Waals surface area contributed by atoms with Crippen molar-refractivity contribution in [2.24, 2.45) is 0 Å². The standard InChI is InChI=1S/C9H12N2O5/c1-14-3-4-16-9-5-8(15-2)7(6-10-9)11(12)13/h5-6H,3-4H2,1-2H3. The molecular weight excluding hydrogens is 216 g/mol. The molecule has 0 bridgehead atoms. The summed E-state index contributed by atoms with van der Waals surface area (Å²) in [7, 11) is 2.90. The number of pyridine rings is 1. The minimum atomic E-state index is -0.565. The van der Waals surface area contributed by atoms with Crippen LogP contribution in [-0.4, -0.2) is 37.3 Å². The Balaban J connectivity index is 2.78. The molecule has 0 unspecified atom stereocenters. The lowest BCUT2D eigenvalue weighted by Crippen LogP contribution is -2.06. The van der Waals surface area contributed by atoms with Crippen molar-refractivity contribution in [1.82, 2.24) is 4.98 Å². The van der Waals surface area contributed by atoms with E-state index in [1.54, 1.807) is 7.11 Å². The zero-order chi connectivity index (χ0) is 12.0. The van der Waals surface area contributed by atoms with Gasteiger partial charge in [-0.1, -0.05) is 0 Å². The van der Waals surface area contributed by atoms with Crippen molar-refractivity contribution in [3.8, 4) is 11.6 Å². The fraction of sp³-hybridized carbons (Fsp3) is 0.444. The van der Waals surface area contributed by atoms with Crippen molar-refractivity contribution in [3.63, 3.8) is 0 Å². The highest BCUT2D eigenvalue weighted by molar-refractivity contribution is 5.46. The predicted octanol–water partition coefficient (Wildman–Crippen LogP) is 1.02. The predicted molar refractivity (Wildman–Crippen MR) is 54.8 cm³/mol. The van der Waals surface area contributed by atoms with E-state index in [0.717, 1.165) is 6.20 Å². The van der Waals surface area contributed by atoms with Gasteiger partial charge >= 0.3 is 5.69 Å². The van der Waals surface area contributed by atoms with Crippen LogP contribution in [0.15, 0.2) is 12.3 Å². The fourth-order valence-corrected chi connectivity index (χ4v) is 1.02. The van der Waals surface area contributed by atoms with Gasteiger partial charge in [-0.15, -0.1) is 0 Å². The number of aromatic nitrogens is 1.